The molecule has 1 atom stereocenters. The van der Waals surface area contributed by atoms with Crippen molar-refractivity contribution in [1.82, 2.24) is 10.6 Å². The van der Waals surface area contributed by atoms with E-state index in [2.05, 4.69) is 10.6 Å². The summed E-state index contributed by atoms with van der Waals surface area (Å²) in [5.41, 5.74) is 0.939. The maximum atomic E-state index is 12.4. The molecule has 0 aromatic heterocycles. The lowest BCUT2D eigenvalue weighted by Crippen LogP contribution is -2.49. The van der Waals surface area contributed by atoms with E-state index in [9.17, 15) is 9.59 Å². The number of rotatable bonds is 8. The lowest BCUT2D eigenvalue weighted by Gasteiger charge is -2.18. The normalized spacial score (nSPS) is 11.4. The van der Waals surface area contributed by atoms with Gasteiger partial charge in [0.25, 0.3) is 0 Å². The number of methoxy groups -OCH3 is 1. The molecule has 2 amide bonds. The van der Waals surface area contributed by atoms with Crippen molar-refractivity contribution < 1.29 is 19.1 Å². The molecule has 0 saturated heterocycles. The van der Waals surface area contributed by atoms with Crippen molar-refractivity contribution in [2.75, 3.05) is 20.3 Å². The Hall–Kier alpha value is -2.86. The minimum Gasteiger partial charge on any atom is -0.410 e. The zero-order valence-corrected chi connectivity index (χ0v) is 14.1. The predicted molar refractivity (Wildman–Crippen MR) is 94.4 cm³/mol. The number of amides is 2. The molecule has 0 aliphatic carbocycles. The zero-order valence-electron chi connectivity index (χ0n) is 14.1. The van der Waals surface area contributed by atoms with Crippen molar-refractivity contribution in [3.8, 4) is 5.75 Å². The first-order valence-electron chi connectivity index (χ1n) is 8.03. The summed E-state index contributed by atoms with van der Waals surface area (Å²) in [6.45, 7) is 0.772. The van der Waals surface area contributed by atoms with Gasteiger partial charge in [0.2, 0.25) is 5.91 Å². The Morgan fingerprint density at radius 2 is 1.64 bits per heavy atom. The van der Waals surface area contributed by atoms with E-state index >= 15 is 0 Å². The minimum atomic E-state index is -0.740. The van der Waals surface area contributed by atoms with Crippen LogP contribution in [0.1, 0.15) is 5.56 Å². The molecular weight excluding hydrogens is 320 g/mol. The van der Waals surface area contributed by atoms with Crippen LogP contribution < -0.4 is 15.4 Å². The summed E-state index contributed by atoms with van der Waals surface area (Å²) in [5, 5.41) is 5.37. The van der Waals surface area contributed by atoms with Crippen molar-refractivity contribution in [3.63, 3.8) is 0 Å². The van der Waals surface area contributed by atoms with E-state index in [1.807, 2.05) is 36.4 Å². The van der Waals surface area contributed by atoms with Gasteiger partial charge in [-0.25, -0.2) is 4.79 Å². The van der Waals surface area contributed by atoms with Crippen molar-refractivity contribution >= 4 is 12.0 Å². The van der Waals surface area contributed by atoms with Crippen LogP contribution >= 0.6 is 0 Å². The molecule has 0 spiro atoms. The van der Waals surface area contributed by atoms with Gasteiger partial charge in [-0.3, -0.25) is 4.79 Å². The van der Waals surface area contributed by atoms with Crippen molar-refractivity contribution in [2.24, 2.45) is 0 Å². The summed E-state index contributed by atoms with van der Waals surface area (Å²) in [7, 11) is 1.56. The second-order valence-electron chi connectivity index (χ2n) is 5.37. The molecule has 0 unspecified atom stereocenters. The van der Waals surface area contributed by atoms with Gasteiger partial charge in [-0.15, -0.1) is 0 Å². The number of hydrogen-bond donors (Lipinski definition) is 2. The van der Waals surface area contributed by atoms with Gasteiger partial charge in [0.15, 0.2) is 0 Å². The van der Waals surface area contributed by atoms with Gasteiger partial charge in [-0.05, 0) is 17.7 Å². The molecule has 2 aromatic carbocycles. The average Bonchev–Trinajstić information content (AvgIpc) is 2.63. The van der Waals surface area contributed by atoms with Gasteiger partial charge in [-0.1, -0.05) is 48.5 Å². The van der Waals surface area contributed by atoms with E-state index < -0.39 is 12.1 Å². The molecule has 0 aliphatic heterocycles. The first kappa shape index (κ1) is 18.5. The third kappa shape index (κ3) is 6.64. The second kappa shape index (κ2) is 10.1. The molecule has 0 aliphatic rings. The monoisotopic (exact) mass is 342 g/mol. The largest absolute Gasteiger partial charge is 0.413 e. The Morgan fingerprint density at radius 1 is 1.00 bits per heavy atom. The summed E-state index contributed by atoms with van der Waals surface area (Å²) in [5.74, 6) is 0.129. The fourth-order valence-corrected chi connectivity index (χ4v) is 2.23. The molecule has 0 heterocycles. The maximum absolute atomic E-state index is 12.4. The molecule has 2 rings (SSSR count). The second-order valence-corrected chi connectivity index (χ2v) is 5.37. The van der Waals surface area contributed by atoms with Crippen LogP contribution in [0.3, 0.4) is 0 Å². The third-order valence-corrected chi connectivity index (χ3v) is 3.45. The smallest absolute Gasteiger partial charge is 0.410 e. The highest BCUT2D eigenvalue weighted by atomic mass is 16.6. The lowest BCUT2D eigenvalue weighted by molar-refractivity contribution is -0.123. The number of ether oxygens (including phenoxy) is 2. The summed E-state index contributed by atoms with van der Waals surface area (Å²) in [4.78, 5) is 24.5. The van der Waals surface area contributed by atoms with Crippen LogP contribution in [-0.4, -0.2) is 38.3 Å². The summed E-state index contributed by atoms with van der Waals surface area (Å²) in [6.07, 6.45) is -0.308. The van der Waals surface area contributed by atoms with E-state index in [1.54, 1.807) is 31.4 Å². The summed E-state index contributed by atoms with van der Waals surface area (Å²) >= 11 is 0. The van der Waals surface area contributed by atoms with Gasteiger partial charge >= 0.3 is 6.09 Å². The standard InChI is InChI=1S/C19H22N2O4/c1-24-13-12-20-18(22)17(14-15-8-4-2-5-9-15)21-19(23)25-16-10-6-3-7-11-16/h2-11,17H,12-14H2,1H3,(H,20,22)(H,21,23)/t17-/m0/s1. The Labute approximate surface area is 147 Å². The van der Waals surface area contributed by atoms with Crippen molar-refractivity contribution in [1.29, 1.82) is 0 Å². The Balaban J connectivity index is 1.99. The molecule has 0 radical (unpaired) electrons. The Morgan fingerprint density at radius 3 is 2.28 bits per heavy atom. The molecule has 25 heavy (non-hydrogen) atoms. The fourth-order valence-electron chi connectivity index (χ4n) is 2.23. The van der Waals surface area contributed by atoms with E-state index in [0.29, 0.717) is 25.3 Å². The van der Waals surface area contributed by atoms with Crippen molar-refractivity contribution in [2.45, 2.75) is 12.5 Å². The summed E-state index contributed by atoms with van der Waals surface area (Å²) < 4.78 is 10.1. The van der Waals surface area contributed by atoms with E-state index in [1.165, 1.54) is 0 Å². The van der Waals surface area contributed by atoms with Crippen LogP contribution in [0.2, 0.25) is 0 Å². The quantitative estimate of drug-likeness (QED) is 0.721. The van der Waals surface area contributed by atoms with Crippen LogP contribution in [0.15, 0.2) is 60.7 Å². The number of carbonyl (C=O) groups excluding carboxylic acids is 2. The molecule has 0 bridgehead atoms. The van der Waals surface area contributed by atoms with E-state index in [-0.39, 0.29) is 5.91 Å². The van der Waals surface area contributed by atoms with Gasteiger partial charge in [-0.2, -0.15) is 0 Å². The average molecular weight is 342 g/mol. The zero-order chi connectivity index (χ0) is 17.9. The van der Waals surface area contributed by atoms with Gasteiger partial charge < -0.3 is 20.1 Å². The van der Waals surface area contributed by atoms with E-state index in [0.717, 1.165) is 5.56 Å². The highest BCUT2D eigenvalue weighted by Gasteiger charge is 2.22. The molecule has 2 N–H and O–H groups in total. The van der Waals surface area contributed by atoms with Gasteiger partial charge in [0.1, 0.15) is 11.8 Å². The Kier molecular flexibility index (Phi) is 7.46. The molecule has 6 nitrogen and oxygen atoms in total. The number of para-hydroxylation sites is 1. The SMILES string of the molecule is COCCNC(=O)[C@H](Cc1ccccc1)NC(=O)Oc1ccccc1. The van der Waals surface area contributed by atoms with Crippen molar-refractivity contribution in [3.05, 3.63) is 66.2 Å². The lowest BCUT2D eigenvalue weighted by atomic mass is 10.1. The number of carbonyl (C=O) groups is 2. The van der Waals surface area contributed by atoms with Crippen LogP contribution in [0.4, 0.5) is 4.79 Å². The van der Waals surface area contributed by atoms with Crippen LogP contribution in [0, 0.1) is 0 Å². The van der Waals surface area contributed by atoms with E-state index in [4.69, 9.17) is 9.47 Å². The number of nitrogens with one attached hydrogen (secondary N) is 2. The third-order valence-electron chi connectivity index (χ3n) is 3.45. The first-order valence-corrected chi connectivity index (χ1v) is 8.03. The minimum absolute atomic E-state index is 0.286. The summed E-state index contributed by atoms with van der Waals surface area (Å²) in [6, 6.07) is 17.4. The van der Waals surface area contributed by atoms with Crippen LogP contribution in [0.25, 0.3) is 0 Å². The highest BCUT2D eigenvalue weighted by Crippen LogP contribution is 2.09. The van der Waals surface area contributed by atoms with Crippen LogP contribution in [0.5, 0.6) is 5.75 Å². The molecule has 0 saturated carbocycles. The number of benzene rings is 2. The van der Waals surface area contributed by atoms with Gasteiger partial charge in [0, 0.05) is 20.1 Å². The molecule has 6 heteroatoms. The first-order chi connectivity index (χ1) is 12.2. The molecule has 0 fully saturated rings. The Bertz CT molecular complexity index is 662. The fraction of sp³-hybridized carbons (Fsp3) is 0.263. The maximum Gasteiger partial charge on any atom is 0.413 e. The topological polar surface area (TPSA) is 76.7 Å². The molecule has 132 valence electrons. The van der Waals surface area contributed by atoms with Gasteiger partial charge in [0.05, 0.1) is 6.61 Å². The highest BCUT2D eigenvalue weighted by molar-refractivity contribution is 5.86. The predicted octanol–water partition coefficient (Wildman–Crippen LogP) is 2.15. The molecule has 2 aromatic rings. The van der Waals surface area contributed by atoms with Crippen LogP contribution in [-0.2, 0) is 16.0 Å². The molecular formula is C19H22N2O4. The number of hydrogen-bond acceptors (Lipinski definition) is 4.